The lowest BCUT2D eigenvalue weighted by Gasteiger charge is -2.07. The molecule has 25 heavy (non-hydrogen) atoms. The maximum atomic E-state index is 11.8. The van der Waals surface area contributed by atoms with Crippen LogP contribution in [0.25, 0.3) is 0 Å². The minimum Gasteiger partial charge on any atom is -0.481 e. The lowest BCUT2D eigenvalue weighted by molar-refractivity contribution is -0.120. The highest BCUT2D eigenvalue weighted by Crippen LogP contribution is 2.12. The minimum absolute atomic E-state index is 0.0837. The molecule has 1 aromatic heterocycles. The van der Waals surface area contributed by atoms with Crippen molar-refractivity contribution in [2.24, 2.45) is 0 Å². The van der Waals surface area contributed by atoms with Gasteiger partial charge in [0, 0.05) is 30.5 Å². The number of rotatable bonds is 9. The molecule has 0 aliphatic heterocycles. The number of carbonyl (C=O) groups excluding carboxylic acids is 2. The van der Waals surface area contributed by atoms with Gasteiger partial charge in [-0.3, -0.25) is 9.59 Å². The van der Waals surface area contributed by atoms with Gasteiger partial charge in [0.25, 0.3) is 5.91 Å². The zero-order valence-corrected chi connectivity index (χ0v) is 14.6. The van der Waals surface area contributed by atoms with E-state index < -0.39 is 0 Å². The fourth-order valence-electron chi connectivity index (χ4n) is 2.10. The van der Waals surface area contributed by atoms with Crippen LogP contribution in [0.3, 0.4) is 0 Å². The van der Waals surface area contributed by atoms with E-state index in [9.17, 15) is 9.59 Å². The van der Waals surface area contributed by atoms with E-state index in [1.54, 1.807) is 11.4 Å². The van der Waals surface area contributed by atoms with Gasteiger partial charge < -0.3 is 15.4 Å². The first-order valence-electron chi connectivity index (χ1n) is 7.91. The third-order valence-corrected chi connectivity index (χ3v) is 4.09. The van der Waals surface area contributed by atoms with E-state index in [1.165, 1.54) is 11.3 Å². The van der Waals surface area contributed by atoms with Gasteiger partial charge in [-0.15, -0.1) is 6.42 Å². The Labute approximate surface area is 151 Å². The maximum Gasteiger partial charge on any atom is 0.252 e. The number of thiophene rings is 1. The lowest BCUT2D eigenvalue weighted by atomic mass is 10.1. The summed E-state index contributed by atoms with van der Waals surface area (Å²) in [7, 11) is 0. The van der Waals surface area contributed by atoms with Gasteiger partial charge in [0.1, 0.15) is 12.4 Å². The Morgan fingerprint density at radius 3 is 2.60 bits per heavy atom. The largest absolute Gasteiger partial charge is 0.481 e. The second-order valence-corrected chi connectivity index (χ2v) is 6.03. The summed E-state index contributed by atoms with van der Waals surface area (Å²) < 4.78 is 5.30. The highest BCUT2D eigenvalue weighted by molar-refractivity contribution is 7.08. The Kier molecular flexibility index (Phi) is 7.54. The van der Waals surface area contributed by atoms with Crippen LogP contribution in [0.1, 0.15) is 22.3 Å². The van der Waals surface area contributed by atoms with Crippen molar-refractivity contribution < 1.29 is 14.3 Å². The van der Waals surface area contributed by atoms with Crippen LogP contribution in [0.15, 0.2) is 41.1 Å². The normalized spacial score (nSPS) is 9.88. The van der Waals surface area contributed by atoms with E-state index in [1.807, 2.05) is 29.6 Å². The Morgan fingerprint density at radius 1 is 1.12 bits per heavy atom. The van der Waals surface area contributed by atoms with Crippen molar-refractivity contribution in [2.45, 2.75) is 12.8 Å². The summed E-state index contributed by atoms with van der Waals surface area (Å²) in [6, 6.07) is 9.35. The number of hydrogen-bond donors (Lipinski definition) is 2. The van der Waals surface area contributed by atoms with Crippen LogP contribution in [0.2, 0.25) is 0 Å². The molecule has 0 radical (unpaired) electrons. The molecule has 2 rings (SSSR count). The first-order chi connectivity index (χ1) is 12.2. The molecule has 0 saturated heterocycles. The average Bonchev–Trinajstić information content (AvgIpc) is 3.16. The summed E-state index contributed by atoms with van der Waals surface area (Å²) in [5, 5.41) is 9.19. The van der Waals surface area contributed by atoms with Crippen molar-refractivity contribution in [2.75, 3.05) is 19.7 Å². The fourth-order valence-corrected chi connectivity index (χ4v) is 2.73. The van der Waals surface area contributed by atoms with Crippen molar-refractivity contribution >= 4 is 23.2 Å². The number of amides is 2. The van der Waals surface area contributed by atoms with Gasteiger partial charge >= 0.3 is 0 Å². The average molecular weight is 356 g/mol. The second kappa shape index (κ2) is 10.2. The summed E-state index contributed by atoms with van der Waals surface area (Å²) in [5.41, 5.74) is 1.72. The van der Waals surface area contributed by atoms with E-state index in [0.717, 1.165) is 17.7 Å². The van der Waals surface area contributed by atoms with Crippen molar-refractivity contribution in [3.63, 3.8) is 0 Å². The Balaban J connectivity index is 1.60. The van der Waals surface area contributed by atoms with Gasteiger partial charge in [-0.05, 0) is 35.6 Å². The molecule has 2 aromatic rings. The lowest BCUT2D eigenvalue weighted by Crippen LogP contribution is -2.31. The molecule has 0 fully saturated rings. The number of nitrogens with one attached hydrogen (secondary N) is 2. The second-order valence-electron chi connectivity index (χ2n) is 5.25. The van der Waals surface area contributed by atoms with Crippen LogP contribution < -0.4 is 15.4 Å². The molecule has 130 valence electrons. The van der Waals surface area contributed by atoms with Crippen LogP contribution in [0, 0.1) is 12.3 Å². The van der Waals surface area contributed by atoms with E-state index in [4.69, 9.17) is 11.2 Å². The molecule has 0 bridgehead atoms. The predicted octanol–water partition coefficient (Wildman–Crippen LogP) is 2.24. The first-order valence-corrected chi connectivity index (χ1v) is 8.85. The molecular weight excluding hydrogens is 336 g/mol. The molecule has 0 spiro atoms. The van der Waals surface area contributed by atoms with Gasteiger partial charge in [-0.25, -0.2) is 0 Å². The molecule has 1 heterocycles. The first kappa shape index (κ1) is 18.6. The minimum atomic E-state index is -0.152. The Morgan fingerprint density at radius 2 is 1.92 bits per heavy atom. The molecule has 0 saturated carbocycles. The number of ether oxygens (including phenoxy) is 1. The van der Waals surface area contributed by atoms with Crippen molar-refractivity contribution in [3.8, 4) is 18.1 Å². The van der Waals surface area contributed by atoms with Crippen molar-refractivity contribution in [1.29, 1.82) is 0 Å². The molecule has 0 atom stereocenters. The van der Waals surface area contributed by atoms with Gasteiger partial charge in [-0.1, -0.05) is 18.1 Å². The van der Waals surface area contributed by atoms with Crippen molar-refractivity contribution in [3.05, 3.63) is 52.2 Å². The quantitative estimate of drug-likeness (QED) is 0.677. The number of hydrogen-bond acceptors (Lipinski definition) is 4. The zero-order chi connectivity index (χ0) is 17.9. The molecule has 6 heteroatoms. The summed E-state index contributed by atoms with van der Waals surface area (Å²) in [6.45, 7) is 1.11. The summed E-state index contributed by atoms with van der Waals surface area (Å²) in [4.78, 5) is 23.5. The SMILES string of the molecule is C#CCOc1ccc(CCNC(=O)CCNC(=O)c2ccsc2)cc1. The van der Waals surface area contributed by atoms with E-state index in [0.29, 0.717) is 18.7 Å². The van der Waals surface area contributed by atoms with Crippen LogP contribution in [-0.4, -0.2) is 31.5 Å². The molecule has 1 aromatic carbocycles. The maximum absolute atomic E-state index is 11.8. The van der Waals surface area contributed by atoms with Crippen LogP contribution in [-0.2, 0) is 11.2 Å². The monoisotopic (exact) mass is 356 g/mol. The summed E-state index contributed by atoms with van der Waals surface area (Å²) in [5.74, 6) is 2.91. The molecule has 2 N–H and O–H groups in total. The van der Waals surface area contributed by atoms with Crippen LogP contribution in [0.5, 0.6) is 5.75 Å². The molecule has 0 aliphatic carbocycles. The fraction of sp³-hybridized carbons (Fsp3) is 0.263. The van der Waals surface area contributed by atoms with Gasteiger partial charge in [-0.2, -0.15) is 11.3 Å². The third-order valence-electron chi connectivity index (χ3n) is 3.40. The number of terminal acetylenes is 1. The van der Waals surface area contributed by atoms with E-state index >= 15 is 0 Å². The molecule has 5 nitrogen and oxygen atoms in total. The van der Waals surface area contributed by atoms with Crippen molar-refractivity contribution in [1.82, 2.24) is 10.6 Å². The van der Waals surface area contributed by atoms with Gasteiger partial charge in [0.05, 0.1) is 0 Å². The van der Waals surface area contributed by atoms with Gasteiger partial charge in [0.15, 0.2) is 0 Å². The summed E-state index contributed by atoms with van der Waals surface area (Å²) in [6.07, 6.45) is 6.12. The topological polar surface area (TPSA) is 67.4 Å². The number of carbonyl (C=O) groups is 2. The Bertz CT molecular complexity index is 718. The highest BCUT2D eigenvalue weighted by atomic mass is 32.1. The van der Waals surface area contributed by atoms with E-state index in [2.05, 4.69) is 16.6 Å². The summed E-state index contributed by atoms with van der Waals surface area (Å²) >= 11 is 1.46. The predicted molar refractivity (Wildman–Crippen MR) is 98.8 cm³/mol. The Hall–Kier alpha value is -2.78. The molecule has 0 aliphatic rings. The zero-order valence-electron chi connectivity index (χ0n) is 13.8. The standard InChI is InChI=1S/C19H20N2O3S/c1-2-12-24-17-5-3-15(4-6-17)7-10-20-18(22)8-11-21-19(23)16-9-13-25-14-16/h1,3-6,9,13-14H,7-8,10-12H2,(H,20,22)(H,21,23). The van der Waals surface area contributed by atoms with E-state index in [-0.39, 0.29) is 24.8 Å². The molecule has 2 amide bonds. The van der Waals surface area contributed by atoms with Crippen LogP contribution in [0.4, 0.5) is 0 Å². The highest BCUT2D eigenvalue weighted by Gasteiger charge is 2.06. The molecule has 0 unspecified atom stereocenters. The smallest absolute Gasteiger partial charge is 0.252 e. The number of benzene rings is 1. The van der Waals surface area contributed by atoms with Gasteiger partial charge in [0.2, 0.25) is 5.91 Å². The molecular formula is C19H20N2O3S. The third kappa shape index (κ3) is 6.69. The van der Waals surface area contributed by atoms with Crippen LogP contribution >= 0.6 is 11.3 Å².